The normalized spacial score (nSPS) is 14.1. The molecule has 4 N–H and O–H groups in total. The van der Waals surface area contributed by atoms with E-state index in [1.165, 1.54) is 0 Å². The summed E-state index contributed by atoms with van der Waals surface area (Å²) in [6, 6.07) is 15.7. The van der Waals surface area contributed by atoms with Gasteiger partial charge in [0.05, 0.1) is 6.54 Å². The number of piperazine rings is 1. The first-order valence-corrected chi connectivity index (χ1v) is 10.4. The molecule has 1 aliphatic heterocycles. The lowest BCUT2D eigenvalue weighted by atomic mass is 10.2. The van der Waals surface area contributed by atoms with Crippen LogP contribution in [0.4, 0.5) is 26.7 Å². The predicted molar refractivity (Wildman–Crippen MR) is 123 cm³/mol. The number of carbonyl (C=O) groups is 2. The molecule has 1 aromatic heterocycles. The Morgan fingerprint density at radius 1 is 0.906 bits per heavy atom. The summed E-state index contributed by atoms with van der Waals surface area (Å²) in [6.07, 6.45) is 0. The van der Waals surface area contributed by atoms with Crippen LogP contribution >= 0.6 is 0 Å². The predicted octanol–water partition coefficient (Wildman–Crippen LogP) is 3.11. The van der Waals surface area contributed by atoms with Gasteiger partial charge in [-0.1, -0.05) is 24.3 Å². The summed E-state index contributed by atoms with van der Waals surface area (Å²) < 4.78 is 0. The van der Waals surface area contributed by atoms with E-state index in [9.17, 15) is 9.59 Å². The molecular weight excluding hydrogens is 408 g/mol. The number of amides is 4. The van der Waals surface area contributed by atoms with Crippen molar-refractivity contribution in [2.45, 2.75) is 13.5 Å². The maximum Gasteiger partial charge on any atom is 0.323 e. The van der Waals surface area contributed by atoms with Crippen molar-refractivity contribution >= 4 is 29.1 Å². The molecule has 166 valence electrons. The lowest BCUT2D eigenvalue weighted by Crippen LogP contribution is -2.49. The van der Waals surface area contributed by atoms with E-state index in [0.29, 0.717) is 36.7 Å². The Morgan fingerprint density at radius 3 is 2.25 bits per heavy atom. The van der Waals surface area contributed by atoms with Gasteiger partial charge in [0.2, 0.25) is 0 Å². The Labute approximate surface area is 186 Å². The van der Waals surface area contributed by atoms with Crippen LogP contribution in [0.5, 0.6) is 0 Å². The van der Waals surface area contributed by atoms with Gasteiger partial charge in [-0.25, -0.2) is 14.6 Å². The summed E-state index contributed by atoms with van der Waals surface area (Å²) in [7, 11) is 0. The second-order valence-corrected chi connectivity index (χ2v) is 7.56. The van der Waals surface area contributed by atoms with Gasteiger partial charge in [-0.05, 0) is 37.3 Å². The van der Waals surface area contributed by atoms with E-state index < -0.39 is 0 Å². The molecule has 10 nitrogen and oxygen atoms in total. The molecule has 0 spiro atoms. The molecule has 1 saturated heterocycles. The second-order valence-electron chi connectivity index (χ2n) is 7.56. The third-order valence-corrected chi connectivity index (χ3v) is 5.07. The molecule has 0 saturated carbocycles. The largest absolute Gasteiger partial charge is 0.323 e. The van der Waals surface area contributed by atoms with Crippen LogP contribution in [0.15, 0.2) is 54.6 Å². The standard InChI is InChI=1S/C22H26N8O2/c1-16-23-20(28-27-16)15-29-10-12-30(13-11-29)22(32)26-19-9-5-8-18(14-19)25-21(31)24-17-6-3-2-4-7-17/h2-9,14H,10-13,15H2,1H3,(H,26,32)(H,23,27,28)(H2,24,25,31). The Hall–Kier alpha value is -3.92. The number of aryl methyl sites for hydroxylation is 1. The zero-order valence-electron chi connectivity index (χ0n) is 17.8. The van der Waals surface area contributed by atoms with Gasteiger partial charge in [0, 0.05) is 43.2 Å². The molecule has 10 heteroatoms. The minimum atomic E-state index is -0.350. The van der Waals surface area contributed by atoms with E-state index in [0.717, 1.165) is 24.7 Å². The van der Waals surface area contributed by atoms with Gasteiger partial charge in [0.15, 0.2) is 5.82 Å². The number of aromatic nitrogens is 3. The maximum atomic E-state index is 12.7. The molecule has 1 aliphatic rings. The molecule has 0 aliphatic carbocycles. The third-order valence-electron chi connectivity index (χ3n) is 5.07. The van der Waals surface area contributed by atoms with Gasteiger partial charge in [0.1, 0.15) is 5.82 Å². The molecule has 2 heterocycles. The monoisotopic (exact) mass is 434 g/mol. The lowest BCUT2D eigenvalue weighted by Gasteiger charge is -2.34. The van der Waals surface area contributed by atoms with Crippen molar-refractivity contribution in [1.29, 1.82) is 0 Å². The number of rotatable bonds is 5. The number of carbonyl (C=O) groups excluding carboxylic acids is 2. The molecule has 4 amide bonds. The fourth-order valence-corrected chi connectivity index (χ4v) is 3.46. The van der Waals surface area contributed by atoms with Gasteiger partial charge in [-0.3, -0.25) is 10.00 Å². The van der Waals surface area contributed by atoms with Crippen molar-refractivity contribution in [2.24, 2.45) is 0 Å². The Morgan fingerprint density at radius 2 is 1.56 bits per heavy atom. The molecule has 0 radical (unpaired) electrons. The summed E-state index contributed by atoms with van der Waals surface area (Å²) in [6.45, 7) is 5.28. The van der Waals surface area contributed by atoms with Crippen LogP contribution in [0.1, 0.15) is 11.6 Å². The molecule has 0 atom stereocenters. The number of H-pyrrole nitrogens is 1. The summed E-state index contributed by atoms with van der Waals surface area (Å²) in [5.74, 6) is 1.56. The molecule has 0 bridgehead atoms. The number of benzene rings is 2. The second kappa shape index (κ2) is 9.92. The smallest absolute Gasteiger partial charge is 0.322 e. The average Bonchev–Trinajstić information content (AvgIpc) is 3.19. The van der Waals surface area contributed by atoms with Crippen LogP contribution < -0.4 is 16.0 Å². The third kappa shape index (κ3) is 5.82. The van der Waals surface area contributed by atoms with E-state index in [-0.39, 0.29) is 12.1 Å². The first-order chi connectivity index (χ1) is 15.5. The Balaban J connectivity index is 1.26. The molecule has 32 heavy (non-hydrogen) atoms. The van der Waals surface area contributed by atoms with Crippen LogP contribution in [0.2, 0.25) is 0 Å². The van der Waals surface area contributed by atoms with Gasteiger partial charge < -0.3 is 20.9 Å². The molecule has 1 fully saturated rings. The minimum Gasteiger partial charge on any atom is -0.322 e. The number of para-hydroxylation sites is 1. The van der Waals surface area contributed by atoms with E-state index in [1.54, 1.807) is 29.2 Å². The molecule has 0 unspecified atom stereocenters. The van der Waals surface area contributed by atoms with E-state index in [2.05, 4.69) is 36.0 Å². The molecule has 4 rings (SSSR count). The average molecular weight is 435 g/mol. The first kappa shape index (κ1) is 21.3. The molecular formula is C22H26N8O2. The highest BCUT2D eigenvalue weighted by Crippen LogP contribution is 2.17. The van der Waals surface area contributed by atoms with E-state index in [1.807, 2.05) is 37.3 Å². The van der Waals surface area contributed by atoms with Crippen LogP contribution in [-0.2, 0) is 6.54 Å². The maximum absolute atomic E-state index is 12.7. The highest BCUT2D eigenvalue weighted by atomic mass is 16.2. The summed E-state index contributed by atoms with van der Waals surface area (Å²) in [4.78, 5) is 33.2. The number of anilines is 3. The number of nitrogens with one attached hydrogen (secondary N) is 4. The topological polar surface area (TPSA) is 118 Å². The minimum absolute atomic E-state index is 0.163. The van der Waals surface area contributed by atoms with Gasteiger partial charge >= 0.3 is 12.1 Å². The van der Waals surface area contributed by atoms with Crippen LogP contribution in [0.3, 0.4) is 0 Å². The van der Waals surface area contributed by atoms with Gasteiger partial charge in [0.25, 0.3) is 0 Å². The molecule has 2 aromatic carbocycles. The lowest BCUT2D eigenvalue weighted by molar-refractivity contribution is 0.141. The summed E-state index contributed by atoms with van der Waals surface area (Å²) in [5.41, 5.74) is 1.90. The summed E-state index contributed by atoms with van der Waals surface area (Å²) in [5, 5.41) is 15.5. The quantitative estimate of drug-likeness (QED) is 0.492. The number of urea groups is 2. The SMILES string of the molecule is Cc1nc(CN2CCN(C(=O)Nc3cccc(NC(=O)Nc4ccccc4)c3)CC2)n[nH]1. The zero-order chi connectivity index (χ0) is 22.3. The van der Waals surface area contributed by atoms with Crippen molar-refractivity contribution in [2.75, 3.05) is 42.1 Å². The Bertz CT molecular complexity index is 1060. The van der Waals surface area contributed by atoms with Gasteiger partial charge in [-0.2, -0.15) is 5.10 Å². The van der Waals surface area contributed by atoms with Crippen molar-refractivity contribution in [1.82, 2.24) is 25.0 Å². The fourth-order valence-electron chi connectivity index (χ4n) is 3.46. The number of aromatic amines is 1. The first-order valence-electron chi connectivity index (χ1n) is 10.4. The molecule has 3 aromatic rings. The Kier molecular flexibility index (Phi) is 6.61. The fraction of sp³-hybridized carbons (Fsp3) is 0.273. The zero-order valence-corrected chi connectivity index (χ0v) is 17.8. The summed E-state index contributed by atoms with van der Waals surface area (Å²) >= 11 is 0. The van der Waals surface area contributed by atoms with Crippen LogP contribution in [-0.4, -0.2) is 63.2 Å². The highest BCUT2D eigenvalue weighted by Gasteiger charge is 2.22. The van der Waals surface area contributed by atoms with E-state index >= 15 is 0 Å². The van der Waals surface area contributed by atoms with Crippen molar-refractivity contribution in [3.8, 4) is 0 Å². The number of nitrogens with zero attached hydrogens (tertiary/aromatic N) is 4. The number of hydrogen-bond acceptors (Lipinski definition) is 5. The van der Waals surface area contributed by atoms with Crippen molar-refractivity contribution in [3.63, 3.8) is 0 Å². The highest BCUT2D eigenvalue weighted by molar-refractivity contribution is 6.00. The van der Waals surface area contributed by atoms with Crippen LogP contribution in [0.25, 0.3) is 0 Å². The van der Waals surface area contributed by atoms with E-state index in [4.69, 9.17) is 0 Å². The van der Waals surface area contributed by atoms with Gasteiger partial charge in [-0.15, -0.1) is 0 Å². The number of hydrogen-bond donors (Lipinski definition) is 4. The van der Waals surface area contributed by atoms with Crippen molar-refractivity contribution < 1.29 is 9.59 Å². The van der Waals surface area contributed by atoms with Crippen LogP contribution in [0, 0.1) is 6.92 Å². The van der Waals surface area contributed by atoms with Crippen molar-refractivity contribution in [3.05, 3.63) is 66.2 Å².